The SMILES string of the molecule is CC1(NS(=O)(=O)c2ccc(CNC3CC3)o2)CCC1. The first kappa shape index (κ1) is 13.1. The number of furan rings is 1. The highest BCUT2D eigenvalue weighted by Crippen LogP contribution is 2.32. The topological polar surface area (TPSA) is 71.3 Å². The second-order valence-electron chi connectivity index (χ2n) is 5.90. The minimum absolute atomic E-state index is 0.0215. The van der Waals surface area contributed by atoms with Crippen LogP contribution in [-0.4, -0.2) is 20.0 Å². The van der Waals surface area contributed by atoms with E-state index in [1.54, 1.807) is 6.07 Å². The summed E-state index contributed by atoms with van der Waals surface area (Å²) < 4.78 is 32.5. The van der Waals surface area contributed by atoms with Gasteiger partial charge in [-0.05, 0) is 51.2 Å². The Bertz CT molecular complexity index is 556. The van der Waals surface area contributed by atoms with Gasteiger partial charge in [-0.1, -0.05) is 0 Å². The maximum atomic E-state index is 12.2. The van der Waals surface area contributed by atoms with Gasteiger partial charge in [0.05, 0.1) is 6.54 Å². The fourth-order valence-corrected chi connectivity index (χ4v) is 3.73. The number of nitrogens with one attached hydrogen (secondary N) is 2. The van der Waals surface area contributed by atoms with Gasteiger partial charge in [0.1, 0.15) is 5.76 Å². The zero-order valence-electron chi connectivity index (χ0n) is 11.1. The summed E-state index contributed by atoms with van der Waals surface area (Å²) >= 11 is 0. The van der Waals surface area contributed by atoms with Crippen LogP contribution >= 0.6 is 0 Å². The van der Waals surface area contributed by atoms with Crippen LogP contribution in [0, 0.1) is 0 Å². The molecule has 0 radical (unpaired) electrons. The van der Waals surface area contributed by atoms with Crippen LogP contribution in [0.2, 0.25) is 0 Å². The van der Waals surface area contributed by atoms with Gasteiger partial charge in [-0.3, -0.25) is 0 Å². The molecule has 19 heavy (non-hydrogen) atoms. The largest absolute Gasteiger partial charge is 0.447 e. The van der Waals surface area contributed by atoms with Crippen LogP contribution in [-0.2, 0) is 16.6 Å². The molecule has 0 atom stereocenters. The van der Waals surface area contributed by atoms with Gasteiger partial charge in [-0.25, -0.2) is 13.1 Å². The lowest BCUT2D eigenvalue weighted by molar-refractivity contribution is 0.245. The molecule has 106 valence electrons. The van der Waals surface area contributed by atoms with Crippen molar-refractivity contribution in [2.24, 2.45) is 0 Å². The lowest BCUT2D eigenvalue weighted by atomic mass is 9.80. The molecule has 0 aromatic carbocycles. The van der Waals surface area contributed by atoms with Gasteiger partial charge in [0.2, 0.25) is 5.09 Å². The van der Waals surface area contributed by atoms with Gasteiger partial charge >= 0.3 is 0 Å². The Morgan fingerprint density at radius 2 is 2.11 bits per heavy atom. The predicted molar refractivity (Wildman–Crippen MR) is 71.1 cm³/mol. The molecular formula is C13H20N2O3S. The Morgan fingerprint density at radius 1 is 1.37 bits per heavy atom. The van der Waals surface area contributed by atoms with Crippen molar-refractivity contribution < 1.29 is 12.8 Å². The van der Waals surface area contributed by atoms with Gasteiger partial charge in [0, 0.05) is 11.6 Å². The first-order valence-corrected chi connectivity index (χ1v) is 8.31. The molecule has 0 unspecified atom stereocenters. The summed E-state index contributed by atoms with van der Waals surface area (Å²) in [5.74, 6) is 0.672. The van der Waals surface area contributed by atoms with E-state index in [1.165, 1.54) is 18.9 Å². The summed E-state index contributed by atoms with van der Waals surface area (Å²) in [6.07, 6.45) is 5.26. The predicted octanol–water partition coefficient (Wildman–Crippen LogP) is 1.75. The first-order chi connectivity index (χ1) is 8.97. The van der Waals surface area contributed by atoms with Crippen LogP contribution < -0.4 is 10.0 Å². The van der Waals surface area contributed by atoms with Crippen LogP contribution in [0.1, 0.15) is 44.8 Å². The highest BCUT2D eigenvalue weighted by molar-refractivity contribution is 7.89. The summed E-state index contributed by atoms with van der Waals surface area (Å²) in [4.78, 5) is 0. The van der Waals surface area contributed by atoms with E-state index in [-0.39, 0.29) is 10.6 Å². The molecule has 1 aromatic rings. The molecule has 5 nitrogen and oxygen atoms in total. The Hall–Kier alpha value is -0.850. The van der Waals surface area contributed by atoms with Gasteiger partial charge in [0.15, 0.2) is 0 Å². The van der Waals surface area contributed by atoms with Crippen LogP contribution in [0.4, 0.5) is 0 Å². The molecule has 2 N–H and O–H groups in total. The van der Waals surface area contributed by atoms with Crippen molar-refractivity contribution >= 4 is 10.0 Å². The summed E-state index contributed by atoms with van der Waals surface area (Å²) in [6.45, 7) is 2.53. The normalized spacial score (nSPS) is 22.2. The number of hydrogen-bond acceptors (Lipinski definition) is 4. The van der Waals surface area contributed by atoms with E-state index in [0.717, 1.165) is 19.3 Å². The van der Waals surface area contributed by atoms with Crippen LogP contribution in [0.5, 0.6) is 0 Å². The molecule has 2 fully saturated rings. The molecule has 2 aliphatic carbocycles. The lowest BCUT2D eigenvalue weighted by Crippen LogP contribution is -2.50. The van der Waals surface area contributed by atoms with Gasteiger partial charge in [0.25, 0.3) is 10.0 Å². The zero-order valence-corrected chi connectivity index (χ0v) is 11.9. The average Bonchev–Trinajstić information content (AvgIpc) is 3.00. The minimum Gasteiger partial charge on any atom is -0.447 e. The fraction of sp³-hybridized carbons (Fsp3) is 0.692. The van der Waals surface area contributed by atoms with Crippen molar-refractivity contribution in [3.8, 4) is 0 Å². The van der Waals surface area contributed by atoms with E-state index in [2.05, 4.69) is 10.0 Å². The lowest BCUT2D eigenvalue weighted by Gasteiger charge is -2.38. The van der Waals surface area contributed by atoms with Gasteiger partial charge in [-0.2, -0.15) is 0 Å². The fourth-order valence-electron chi connectivity index (χ4n) is 2.31. The van der Waals surface area contributed by atoms with E-state index in [4.69, 9.17) is 4.42 Å². The number of sulfonamides is 1. The highest BCUT2D eigenvalue weighted by atomic mass is 32.2. The van der Waals surface area contributed by atoms with Crippen LogP contribution in [0.15, 0.2) is 21.6 Å². The Labute approximate surface area is 113 Å². The average molecular weight is 284 g/mol. The second-order valence-corrected chi connectivity index (χ2v) is 7.51. The van der Waals surface area contributed by atoms with E-state index >= 15 is 0 Å². The van der Waals surface area contributed by atoms with Gasteiger partial charge < -0.3 is 9.73 Å². The number of rotatable bonds is 6. The molecule has 0 spiro atoms. The molecular weight excluding hydrogens is 264 g/mol. The van der Waals surface area contributed by atoms with Crippen molar-refractivity contribution in [1.29, 1.82) is 0 Å². The molecule has 0 bridgehead atoms. The summed E-state index contributed by atoms with van der Waals surface area (Å²) in [7, 11) is -3.53. The maximum absolute atomic E-state index is 12.2. The smallest absolute Gasteiger partial charge is 0.274 e. The van der Waals surface area contributed by atoms with Crippen molar-refractivity contribution in [1.82, 2.24) is 10.0 Å². The third kappa shape index (κ3) is 3.01. The van der Waals surface area contributed by atoms with E-state index < -0.39 is 10.0 Å². The molecule has 0 aliphatic heterocycles. The molecule has 2 saturated carbocycles. The second kappa shape index (κ2) is 4.61. The summed E-state index contributed by atoms with van der Waals surface area (Å²) in [6, 6.07) is 3.85. The number of hydrogen-bond donors (Lipinski definition) is 2. The summed E-state index contributed by atoms with van der Waals surface area (Å²) in [5.41, 5.74) is -0.294. The third-order valence-corrected chi connectivity index (χ3v) is 5.39. The molecule has 1 heterocycles. The minimum atomic E-state index is -3.53. The maximum Gasteiger partial charge on any atom is 0.274 e. The van der Waals surface area contributed by atoms with Crippen molar-refractivity contribution in [2.75, 3.05) is 0 Å². The first-order valence-electron chi connectivity index (χ1n) is 6.83. The Kier molecular flexibility index (Phi) is 3.19. The Morgan fingerprint density at radius 3 is 2.68 bits per heavy atom. The molecule has 1 aromatic heterocycles. The monoisotopic (exact) mass is 284 g/mol. The van der Waals surface area contributed by atoms with E-state index in [9.17, 15) is 8.42 Å². The van der Waals surface area contributed by atoms with E-state index in [0.29, 0.717) is 18.3 Å². The third-order valence-electron chi connectivity index (χ3n) is 3.88. The van der Waals surface area contributed by atoms with Crippen molar-refractivity contribution in [3.05, 3.63) is 17.9 Å². The molecule has 2 aliphatic rings. The van der Waals surface area contributed by atoms with Gasteiger partial charge in [-0.15, -0.1) is 0 Å². The Balaban J connectivity index is 1.66. The summed E-state index contributed by atoms with van der Waals surface area (Å²) in [5, 5.41) is 3.32. The van der Waals surface area contributed by atoms with Crippen LogP contribution in [0.25, 0.3) is 0 Å². The quantitative estimate of drug-likeness (QED) is 0.835. The zero-order chi connectivity index (χ0) is 13.5. The van der Waals surface area contributed by atoms with Crippen molar-refractivity contribution in [2.45, 2.75) is 62.2 Å². The van der Waals surface area contributed by atoms with Crippen molar-refractivity contribution in [3.63, 3.8) is 0 Å². The van der Waals surface area contributed by atoms with E-state index in [1.807, 2.05) is 6.92 Å². The molecule has 6 heteroatoms. The molecule has 0 amide bonds. The van der Waals surface area contributed by atoms with Crippen LogP contribution in [0.3, 0.4) is 0 Å². The molecule has 0 saturated heterocycles. The molecule has 3 rings (SSSR count). The highest BCUT2D eigenvalue weighted by Gasteiger charge is 2.37. The standard InChI is InChI=1S/C13H20N2O3S/c1-13(7-2-8-13)15-19(16,17)12-6-5-11(18-12)9-14-10-3-4-10/h5-6,10,14-15H,2-4,7-9H2,1H3.